The van der Waals surface area contributed by atoms with Gasteiger partial charge in [-0.25, -0.2) is 0 Å². The molecule has 174 valence electrons. The third kappa shape index (κ3) is 6.20. The molecule has 0 aliphatic carbocycles. The van der Waals surface area contributed by atoms with Crippen LogP contribution in [0.3, 0.4) is 0 Å². The average molecular weight is 459 g/mol. The number of benzene rings is 3. The number of carbonyl (C=O) groups is 3. The molecule has 0 bridgehead atoms. The lowest BCUT2D eigenvalue weighted by molar-refractivity contribution is -0.114. The van der Waals surface area contributed by atoms with Crippen molar-refractivity contribution in [1.29, 1.82) is 0 Å². The molecule has 0 unspecified atom stereocenters. The van der Waals surface area contributed by atoms with Crippen molar-refractivity contribution < 1.29 is 19.1 Å². The van der Waals surface area contributed by atoms with E-state index >= 15 is 0 Å². The van der Waals surface area contributed by atoms with E-state index in [2.05, 4.69) is 16.0 Å². The SMILES string of the molecule is O=C(CNc1ccc(C(=O)N2CCOCC2)cc1)Nc1cccc(NC(=O)c2ccccc2)c1. The predicted octanol–water partition coefficient (Wildman–Crippen LogP) is 3.46. The molecule has 0 aromatic heterocycles. The molecule has 8 nitrogen and oxygen atoms in total. The molecule has 0 spiro atoms. The van der Waals surface area contributed by atoms with E-state index in [1.54, 1.807) is 77.7 Å². The van der Waals surface area contributed by atoms with Crippen LogP contribution in [-0.4, -0.2) is 55.5 Å². The maximum Gasteiger partial charge on any atom is 0.255 e. The summed E-state index contributed by atoms with van der Waals surface area (Å²) < 4.78 is 5.28. The zero-order valence-corrected chi connectivity index (χ0v) is 18.6. The maximum absolute atomic E-state index is 12.5. The van der Waals surface area contributed by atoms with E-state index in [9.17, 15) is 14.4 Å². The molecule has 3 N–H and O–H groups in total. The number of nitrogens with one attached hydrogen (secondary N) is 3. The summed E-state index contributed by atoms with van der Waals surface area (Å²) >= 11 is 0. The highest BCUT2D eigenvalue weighted by molar-refractivity contribution is 6.04. The Bertz CT molecular complexity index is 1140. The van der Waals surface area contributed by atoms with Gasteiger partial charge in [0.15, 0.2) is 0 Å². The number of amides is 3. The number of anilines is 3. The second kappa shape index (κ2) is 11.1. The smallest absolute Gasteiger partial charge is 0.255 e. The number of rotatable bonds is 7. The summed E-state index contributed by atoms with van der Waals surface area (Å²) in [5.74, 6) is -0.479. The highest BCUT2D eigenvalue weighted by atomic mass is 16.5. The molecular weight excluding hydrogens is 432 g/mol. The van der Waals surface area contributed by atoms with Crippen LogP contribution in [0, 0.1) is 0 Å². The molecule has 1 saturated heterocycles. The minimum Gasteiger partial charge on any atom is -0.378 e. The van der Waals surface area contributed by atoms with Crippen molar-refractivity contribution in [2.75, 3.05) is 48.8 Å². The summed E-state index contributed by atoms with van der Waals surface area (Å²) in [5.41, 5.74) is 3.05. The lowest BCUT2D eigenvalue weighted by Gasteiger charge is -2.26. The molecular formula is C26H26N4O4. The van der Waals surface area contributed by atoms with E-state index in [1.165, 1.54) is 0 Å². The van der Waals surface area contributed by atoms with E-state index in [1.807, 2.05) is 6.07 Å². The van der Waals surface area contributed by atoms with Crippen molar-refractivity contribution in [2.24, 2.45) is 0 Å². The van der Waals surface area contributed by atoms with E-state index in [0.717, 1.165) is 5.69 Å². The van der Waals surface area contributed by atoms with Gasteiger partial charge >= 0.3 is 0 Å². The van der Waals surface area contributed by atoms with Gasteiger partial charge in [-0.1, -0.05) is 24.3 Å². The summed E-state index contributed by atoms with van der Waals surface area (Å²) in [7, 11) is 0. The van der Waals surface area contributed by atoms with E-state index < -0.39 is 0 Å². The highest BCUT2D eigenvalue weighted by Crippen LogP contribution is 2.17. The van der Waals surface area contributed by atoms with Crippen molar-refractivity contribution in [1.82, 2.24) is 4.90 Å². The lowest BCUT2D eigenvalue weighted by atomic mass is 10.1. The Morgan fingerprint density at radius 2 is 1.41 bits per heavy atom. The van der Waals surface area contributed by atoms with Gasteiger partial charge in [0.25, 0.3) is 11.8 Å². The number of carbonyl (C=O) groups excluding carboxylic acids is 3. The van der Waals surface area contributed by atoms with Crippen LogP contribution in [0.2, 0.25) is 0 Å². The first-order valence-electron chi connectivity index (χ1n) is 11.1. The topological polar surface area (TPSA) is 99.8 Å². The van der Waals surface area contributed by atoms with Gasteiger partial charge in [-0.2, -0.15) is 0 Å². The number of hydrogen-bond donors (Lipinski definition) is 3. The van der Waals surface area contributed by atoms with Crippen LogP contribution in [0.15, 0.2) is 78.9 Å². The first-order valence-corrected chi connectivity index (χ1v) is 11.1. The standard InChI is InChI=1S/C26H26N4O4/c31-24(18-27-21-11-9-20(10-12-21)26(33)30-13-15-34-16-14-30)28-22-7-4-8-23(17-22)29-25(32)19-5-2-1-3-6-19/h1-12,17,27H,13-16,18H2,(H,28,31)(H,29,32). The van der Waals surface area contributed by atoms with Gasteiger partial charge in [-0.05, 0) is 54.6 Å². The minimum absolute atomic E-state index is 0.0215. The zero-order chi connectivity index (χ0) is 23.8. The third-order valence-corrected chi connectivity index (χ3v) is 5.32. The van der Waals surface area contributed by atoms with Crippen molar-refractivity contribution in [3.05, 3.63) is 90.0 Å². The molecule has 0 saturated carbocycles. The number of hydrogen-bond acceptors (Lipinski definition) is 5. The first-order chi connectivity index (χ1) is 16.6. The summed E-state index contributed by atoms with van der Waals surface area (Å²) in [5, 5.41) is 8.69. The van der Waals surface area contributed by atoms with Crippen LogP contribution in [0.25, 0.3) is 0 Å². The Labute approximate surface area is 197 Å². The van der Waals surface area contributed by atoms with Crippen molar-refractivity contribution in [3.8, 4) is 0 Å². The molecule has 1 aliphatic heterocycles. The fraction of sp³-hybridized carbons (Fsp3) is 0.192. The second-order valence-corrected chi connectivity index (χ2v) is 7.78. The molecule has 34 heavy (non-hydrogen) atoms. The molecule has 0 radical (unpaired) electrons. The van der Waals surface area contributed by atoms with Gasteiger partial charge < -0.3 is 25.6 Å². The van der Waals surface area contributed by atoms with E-state index in [-0.39, 0.29) is 24.3 Å². The first kappa shape index (κ1) is 23.0. The quantitative estimate of drug-likeness (QED) is 0.504. The van der Waals surface area contributed by atoms with Gasteiger partial charge in [0.2, 0.25) is 5.91 Å². The normalized spacial score (nSPS) is 13.1. The van der Waals surface area contributed by atoms with Gasteiger partial charge in [-0.3, -0.25) is 14.4 Å². The Balaban J connectivity index is 1.27. The van der Waals surface area contributed by atoms with Crippen LogP contribution in [-0.2, 0) is 9.53 Å². The van der Waals surface area contributed by atoms with Gasteiger partial charge in [-0.15, -0.1) is 0 Å². The Kier molecular flexibility index (Phi) is 7.52. The third-order valence-electron chi connectivity index (χ3n) is 5.32. The molecule has 1 fully saturated rings. The van der Waals surface area contributed by atoms with Gasteiger partial charge in [0, 0.05) is 41.3 Å². The van der Waals surface area contributed by atoms with Crippen molar-refractivity contribution in [3.63, 3.8) is 0 Å². The molecule has 1 aliphatic rings. The number of nitrogens with zero attached hydrogens (tertiary/aromatic N) is 1. The molecule has 0 atom stereocenters. The summed E-state index contributed by atoms with van der Waals surface area (Å²) in [6, 6.07) is 22.9. The molecule has 8 heteroatoms. The van der Waals surface area contributed by atoms with Crippen LogP contribution < -0.4 is 16.0 Å². The van der Waals surface area contributed by atoms with Crippen LogP contribution in [0.4, 0.5) is 17.1 Å². The molecule has 4 rings (SSSR count). The van der Waals surface area contributed by atoms with Crippen LogP contribution >= 0.6 is 0 Å². The lowest BCUT2D eigenvalue weighted by Crippen LogP contribution is -2.40. The monoisotopic (exact) mass is 458 g/mol. The Hall–Kier alpha value is -4.17. The maximum atomic E-state index is 12.5. The molecule has 3 amide bonds. The molecule has 3 aromatic rings. The van der Waals surface area contributed by atoms with Crippen LogP contribution in [0.5, 0.6) is 0 Å². The fourth-order valence-corrected chi connectivity index (χ4v) is 3.53. The van der Waals surface area contributed by atoms with Gasteiger partial charge in [0.05, 0.1) is 19.8 Å². The summed E-state index contributed by atoms with van der Waals surface area (Å²) in [6.45, 7) is 2.36. The van der Waals surface area contributed by atoms with Crippen LogP contribution in [0.1, 0.15) is 20.7 Å². The molecule has 1 heterocycles. The van der Waals surface area contributed by atoms with Crippen molar-refractivity contribution in [2.45, 2.75) is 0 Å². The second-order valence-electron chi connectivity index (χ2n) is 7.78. The number of morpholine rings is 1. The largest absolute Gasteiger partial charge is 0.378 e. The fourth-order valence-electron chi connectivity index (χ4n) is 3.53. The molecule has 3 aromatic carbocycles. The van der Waals surface area contributed by atoms with E-state index in [4.69, 9.17) is 4.74 Å². The predicted molar refractivity (Wildman–Crippen MR) is 131 cm³/mol. The Morgan fingerprint density at radius 3 is 2.12 bits per heavy atom. The Morgan fingerprint density at radius 1 is 0.735 bits per heavy atom. The summed E-state index contributed by atoms with van der Waals surface area (Å²) in [6.07, 6.45) is 0. The van der Waals surface area contributed by atoms with E-state index in [0.29, 0.717) is 48.8 Å². The number of ether oxygens (including phenoxy) is 1. The summed E-state index contributed by atoms with van der Waals surface area (Å²) in [4.78, 5) is 39.0. The zero-order valence-electron chi connectivity index (χ0n) is 18.6. The van der Waals surface area contributed by atoms with Gasteiger partial charge in [0.1, 0.15) is 0 Å². The highest BCUT2D eigenvalue weighted by Gasteiger charge is 2.18. The average Bonchev–Trinajstić information content (AvgIpc) is 2.88. The minimum atomic E-state index is -0.236. The van der Waals surface area contributed by atoms with Crippen molar-refractivity contribution >= 4 is 34.8 Å².